The van der Waals surface area contributed by atoms with Crippen LogP contribution in [0.5, 0.6) is 0 Å². The van der Waals surface area contributed by atoms with E-state index in [2.05, 4.69) is 25.7 Å². The number of nitrogens with zero attached hydrogens (tertiary/aromatic N) is 1. The van der Waals surface area contributed by atoms with Crippen molar-refractivity contribution in [1.29, 1.82) is 0 Å². The summed E-state index contributed by atoms with van der Waals surface area (Å²) in [6, 6.07) is 0. The molecular formula is C12H23N. The quantitative estimate of drug-likeness (QED) is 0.647. The molecule has 2 heterocycles. The second-order valence-electron chi connectivity index (χ2n) is 5.67. The third kappa shape index (κ3) is 1.76. The van der Waals surface area contributed by atoms with Crippen molar-refractivity contribution in [2.24, 2.45) is 11.8 Å². The van der Waals surface area contributed by atoms with Crippen LogP contribution in [0.3, 0.4) is 0 Å². The fourth-order valence-electron chi connectivity index (χ4n) is 3.13. The first-order valence-electron chi connectivity index (χ1n) is 5.87. The Morgan fingerprint density at radius 3 is 2.15 bits per heavy atom. The molecule has 0 unspecified atom stereocenters. The first-order chi connectivity index (χ1) is 6.12. The lowest BCUT2D eigenvalue weighted by molar-refractivity contribution is -0.0322. The summed E-state index contributed by atoms with van der Waals surface area (Å²) in [5, 5.41) is 0. The molecule has 0 aromatic heterocycles. The Kier molecular flexibility index (Phi) is 2.39. The van der Waals surface area contributed by atoms with E-state index in [9.17, 15) is 0 Å². The van der Waals surface area contributed by atoms with Crippen LogP contribution < -0.4 is 0 Å². The van der Waals surface area contributed by atoms with Gasteiger partial charge in [-0.15, -0.1) is 0 Å². The molecule has 1 nitrogen and oxygen atoms in total. The van der Waals surface area contributed by atoms with Crippen molar-refractivity contribution in [3.63, 3.8) is 0 Å². The fourth-order valence-corrected chi connectivity index (χ4v) is 3.13. The fraction of sp³-hybridized carbons (Fsp3) is 1.00. The molecule has 3 aliphatic rings. The maximum Gasteiger partial charge on any atom is 0.0153 e. The molecule has 0 N–H and O–H groups in total. The zero-order valence-corrected chi connectivity index (χ0v) is 9.34. The van der Waals surface area contributed by atoms with Gasteiger partial charge in [0.25, 0.3) is 0 Å². The van der Waals surface area contributed by atoms with Crippen molar-refractivity contribution in [3.05, 3.63) is 0 Å². The topological polar surface area (TPSA) is 3.24 Å². The first kappa shape index (κ1) is 9.51. The Hall–Kier alpha value is -0.0400. The van der Waals surface area contributed by atoms with E-state index in [0.29, 0.717) is 5.54 Å². The summed E-state index contributed by atoms with van der Waals surface area (Å²) in [7, 11) is 0. The van der Waals surface area contributed by atoms with Gasteiger partial charge in [0.15, 0.2) is 0 Å². The van der Waals surface area contributed by atoms with Crippen molar-refractivity contribution in [2.45, 2.75) is 52.0 Å². The maximum atomic E-state index is 2.73. The van der Waals surface area contributed by atoms with E-state index >= 15 is 0 Å². The average molecular weight is 181 g/mol. The normalized spacial score (nSPS) is 34.4. The van der Waals surface area contributed by atoms with Gasteiger partial charge < -0.3 is 0 Å². The molecule has 3 fully saturated rings. The molecule has 2 bridgehead atoms. The number of hydrogen-bond acceptors (Lipinski definition) is 1. The molecule has 1 heteroatoms. The number of rotatable bonds is 3. The molecule has 2 aliphatic heterocycles. The molecule has 0 atom stereocenters. The maximum absolute atomic E-state index is 2.73. The summed E-state index contributed by atoms with van der Waals surface area (Å²) in [5.41, 5.74) is 0.464. The van der Waals surface area contributed by atoms with Crippen LogP contribution in [0, 0.1) is 11.8 Å². The molecule has 0 aromatic rings. The van der Waals surface area contributed by atoms with Gasteiger partial charge in [0, 0.05) is 18.6 Å². The molecule has 0 aromatic carbocycles. The highest BCUT2D eigenvalue weighted by atomic mass is 15.2. The second kappa shape index (κ2) is 3.27. The summed E-state index contributed by atoms with van der Waals surface area (Å²) in [6.07, 6.45) is 5.72. The number of hydrogen-bond donors (Lipinski definition) is 0. The van der Waals surface area contributed by atoms with E-state index in [0.717, 1.165) is 11.8 Å². The van der Waals surface area contributed by atoms with Gasteiger partial charge in [0.1, 0.15) is 0 Å². The molecule has 0 spiro atoms. The van der Waals surface area contributed by atoms with Crippen molar-refractivity contribution >= 4 is 0 Å². The lowest BCUT2D eigenvalue weighted by Gasteiger charge is -2.53. The molecular weight excluding hydrogens is 158 g/mol. The van der Waals surface area contributed by atoms with Gasteiger partial charge in [0.2, 0.25) is 0 Å². The Balaban J connectivity index is 1.92. The molecule has 13 heavy (non-hydrogen) atoms. The van der Waals surface area contributed by atoms with Gasteiger partial charge in [-0.2, -0.15) is 0 Å². The van der Waals surface area contributed by atoms with Crippen LogP contribution in [0.2, 0.25) is 0 Å². The van der Waals surface area contributed by atoms with Crippen molar-refractivity contribution in [3.8, 4) is 0 Å². The molecule has 76 valence electrons. The van der Waals surface area contributed by atoms with E-state index in [1.807, 2.05) is 0 Å². The molecule has 1 aliphatic carbocycles. The van der Waals surface area contributed by atoms with Crippen LogP contribution in [0.1, 0.15) is 46.5 Å². The van der Waals surface area contributed by atoms with Crippen LogP contribution >= 0.6 is 0 Å². The van der Waals surface area contributed by atoms with Crippen LogP contribution in [0.4, 0.5) is 0 Å². The summed E-state index contributed by atoms with van der Waals surface area (Å²) in [5.74, 6) is 2.10. The van der Waals surface area contributed by atoms with Gasteiger partial charge in [0.05, 0.1) is 0 Å². The zero-order valence-electron chi connectivity index (χ0n) is 9.34. The minimum absolute atomic E-state index is 0.464. The molecule has 1 saturated carbocycles. The minimum atomic E-state index is 0.464. The van der Waals surface area contributed by atoms with Gasteiger partial charge in [-0.25, -0.2) is 0 Å². The smallest absolute Gasteiger partial charge is 0.0153 e. The summed E-state index contributed by atoms with van der Waals surface area (Å²) >= 11 is 0. The van der Waals surface area contributed by atoms with E-state index in [1.54, 1.807) is 0 Å². The SMILES string of the molecule is CCCC(C)(C)N1CC2CC(C2)C1. The lowest BCUT2D eigenvalue weighted by atomic mass is 9.70. The van der Waals surface area contributed by atoms with Crippen LogP contribution in [-0.2, 0) is 0 Å². The Morgan fingerprint density at radius 2 is 1.69 bits per heavy atom. The number of piperidine rings is 2. The molecule has 3 rings (SSSR count). The van der Waals surface area contributed by atoms with Crippen LogP contribution in [0.15, 0.2) is 0 Å². The summed E-state index contributed by atoms with van der Waals surface area (Å²) < 4.78 is 0. The summed E-state index contributed by atoms with van der Waals surface area (Å²) in [6.45, 7) is 9.89. The predicted molar refractivity (Wildman–Crippen MR) is 56.8 cm³/mol. The van der Waals surface area contributed by atoms with Gasteiger partial charge in [-0.3, -0.25) is 4.90 Å². The third-order valence-electron chi connectivity index (χ3n) is 4.01. The third-order valence-corrected chi connectivity index (χ3v) is 4.01. The van der Waals surface area contributed by atoms with E-state index in [1.165, 1.54) is 38.8 Å². The van der Waals surface area contributed by atoms with E-state index < -0.39 is 0 Å². The molecule has 0 amide bonds. The Bertz CT molecular complexity index is 170. The first-order valence-corrected chi connectivity index (χ1v) is 5.87. The van der Waals surface area contributed by atoms with Gasteiger partial charge in [-0.05, 0) is 44.9 Å². The Morgan fingerprint density at radius 1 is 1.15 bits per heavy atom. The van der Waals surface area contributed by atoms with Crippen molar-refractivity contribution < 1.29 is 0 Å². The number of fused-ring (bicyclic) bond motifs is 2. The zero-order chi connectivity index (χ0) is 9.47. The molecule has 0 radical (unpaired) electrons. The van der Waals surface area contributed by atoms with E-state index in [-0.39, 0.29) is 0 Å². The highest BCUT2D eigenvalue weighted by molar-refractivity contribution is 4.95. The van der Waals surface area contributed by atoms with Gasteiger partial charge in [-0.1, -0.05) is 13.3 Å². The lowest BCUT2D eigenvalue weighted by Crippen LogP contribution is -2.56. The predicted octanol–water partition coefficient (Wildman–Crippen LogP) is 2.91. The summed E-state index contributed by atoms with van der Waals surface area (Å²) in [4.78, 5) is 2.73. The highest BCUT2D eigenvalue weighted by Gasteiger charge is 2.41. The monoisotopic (exact) mass is 181 g/mol. The average Bonchev–Trinajstić information content (AvgIpc) is 2.03. The standard InChI is InChI=1S/C12H23N/c1-4-5-12(2,3)13-8-10-6-11(7-10)9-13/h10-11H,4-9H2,1-3H3. The minimum Gasteiger partial charge on any atom is -0.298 e. The largest absolute Gasteiger partial charge is 0.298 e. The Labute approximate surface area is 82.5 Å². The van der Waals surface area contributed by atoms with Crippen LogP contribution in [-0.4, -0.2) is 23.5 Å². The van der Waals surface area contributed by atoms with Crippen LogP contribution in [0.25, 0.3) is 0 Å². The second-order valence-corrected chi connectivity index (χ2v) is 5.67. The van der Waals surface area contributed by atoms with Crippen molar-refractivity contribution in [1.82, 2.24) is 4.90 Å². The van der Waals surface area contributed by atoms with E-state index in [4.69, 9.17) is 0 Å². The highest BCUT2D eigenvalue weighted by Crippen LogP contribution is 2.42. The van der Waals surface area contributed by atoms with Crippen molar-refractivity contribution in [2.75, 3.05) is 13.1 Å². The van der Waals surface area contributed by atoms with Gasteiger partial charge >= 0.3 is 0 Å². The molecule has 2 saturated heterocycles.